The van der Waals surface area contributed by atoms with Crippen molar-refractivity contribution in [2.75, 3.05) is 5.32 Å². The van der Waals surface area contributed by atoms with Crippen LogP contribution in [0, 0.1) is 6.92 Å². The SMILES string of the molecule is Cc1nc(Cl)c(C=O)c(NC(C)c2ccsc2)n1. The van der Waals surface area contributed by atoms with Crippen LogP contribution in [0.25, 0.3) is 0 Å². The van der Waals surface area contributed by atoms with Gasteiger partial charge in [0.05, 0.1) is 11.6 Å². The predicted molar refractivity (Wildman–Crippen MR) is 73.5 cm³/mol. The molecule has 6 heteroatoms. The van der Waals surface area contributed by atoms with Crippen molar-refractivity contribution in [2.24, 2.45) is 0 Å². The lowest BCUT2D eigenvalue weighted by molar-refractivity contribution is 0.112. The van der Waals surface area contributed by atoms with Crippen LogP contribution < -0.4 is 5.32 Å². The number of aryl methyl sites for hydroxylation is 1. The van der Waals surface area contributed by atoms with Crippen LogP contribution >= 0.6 is 22.9 Å². The summed E-state index contributed by atoms with van der Waals surface area (Å²) in [4.78, 5) is 19.2. The van der Waals surface area contributed by atoms with E-state index in [-0.39, 0.29) is 11.2 Å². The molecule has 0 bridgehead atoms. The number of thiophene rings is 1. The third-order valence-corrected chi connectivity index (χ3v) is 3.51. The Bertz CT molecular complexity index is 557. The zero-order valence-corrected chi connectivity index (χ0v) is 11.5. The number of aromatic nitrogens is 2. The lowest BCUT2D eigenvalue weighted by Crippen LogP contribution is -2.11. The number of rotatable bonds is 4. The van der Waals surface area contributed by atoms with Crippen molar-refractivity contribution in [1.29, 1.82) is 0 Å². The first-order valence-corrected chi connectivity index (χ1v) is 6.72. The second-order valence-corrected chi connectivity index (χ2v) is 5.00. The van der Waals surface area contributed by atoms with Gasteiger partial charge in [-0.3, -0.25) is 4.79 Å². The Balaban J connectivity index is 2.31. The van der Waals surface area contributed by atoms with E-state index in [0.29, 0.717) is 23.5 Å². The fourth-order valence-electron chi connectivity index (χ4n) is 1.57. The van der Waals surface area contributed by atoms with E-state index < -0.39 is 0 Å². The molecule has 2 heterocycles. The Morgan fingerprint density at radius 1 is 1.50 bits per heavy atom. The lowest BCUT2D eigenvalue weighted by atomic mass is 10.2. The minimum absolute atomic E-state index is 0.0558. The van der Waals surface area contributed by atoms with Gasteiger partial charge in [0.15, 0.2) is 6.29 Å². The molecule has 0 aliphatic heterocycles. The van der Waals surface area contributed by atoms with Crippen LogP contribution in [-0.4, -0.2) is 16.3 Å². The maximum Gasteiger partial charge on any atom is 0.156 e. The predicted octanol–water partition coefficient (Wildman–Crippen LogP) is 3.49. The van der Waals surface area contributed by atoms with Crippen LogP contribution in [0.1, 0.15) is 34.7 Å². The van der Waals surface area contributed by atoms with Crippen molar-refractivity contribution < 1.29 is 4.79 Å². The lowest BCUT2D eigenvalue weighted by Gasteiger charge is -2.15. The number of nitrogens with one attached hydrogen (secondary N) is 1. The van der Waals surface area contributed by atoms with Crippen molar-refractivity contribution in [2.45, 2.75) is 19.9 Å². The summed E-state index contributed by atoms with van der Waals surface area (Å²) in [5.41, 5.74) is 1.44. The molecule has 2 aromatic heterocycles. The third kappa shape index (κ3) is 2.68. The number of carbonyl (C=O) groups is 1. The van der Waals surface area contributed by atoms with Gasteiger partial charge in [-0.25, -0.2) is 9.97 Å². The van der Waals surface area contributed by atoms with E-state index in [1.807, 2.05) is 23.8 Å². The first-order chi connectivity index (χ1) is 8.61. The fraction of sp³-hybridized carbons (Fsp3) is 0.250. The molecule has 0 aliphatic carbocycles. The Labute approximate surface area is 114 Å². The van der Waals surface area contributed by atoms with E-state index >= 15 is 0 Å². The second-order valence-electron chi connectivity index (χ2n) is 3.86. The van der Waals surface area contributed by atoms with Crippen LogP contribution in [0.4, 0.5) is 5.82 Å². The van der Waals surface area contributed by atoms with Crippen LogP contribution in [-0.2, 0) is 0 Å². The molecule has 0 aliphatic rings. The van der Waals surface area contributed by atoms with Crippen molar-refractivity contribution in [3.63, 3.8) is 0 Å². The summed E-state index contributed by atoms with van der Waals surface area (Å²) in [7, 11) is 0. The number of aldehydes is 1. The Kier molecular flexibility index (Phi) is 3.93. The van der Waals surface area contributed by atoms with Gasteiger partial charge in [-0.2, -0.15) is 11.3 Å². The number of nitrogens with zero attached hydrogens (tertiary/aromatic N) is 2. The summed E-state index contributed by atoms with van der Waals surface area (Å²) in [6.07, 6.45) is 0.671. The highest BCUT2D eigenvalue weighted by Crippen LogP contribution is 2.24. The van der Waals surface area contributed by atoms with E-state index in [0.717, 1.165) is 5.56 Å². The summed E-state index contributed by atoms with van der Waals surface area (Å²) in [6, 6.07) is 2.08. The quantitative estimate of drug-likeness (QED) is 0.688. The van der Waals surface area contributed by atoms with Gasteiger partial charge in [-0.05, 0) is 36.2 Å². The summed E-state index contributed by atoms with van der Waals surface area (Å²) in [6.45, 7) is 3.74. The number of halogens is 1. The number of hydrogen-bond donors (Lipinski definition) is 1. The molecule has 0 saturated heterocycles. The molecule has 1 unspecified atom stereocenters. The molecule has 1 atom stereocenters. The smallest absolute Gasteiger partial charge is 0.156 e. The fourth-order valence-corrected chi connectivity index (χ4v) is 2.58. The van der Waals surface area contributed by atoms with Gasteiger partial charge in [0.2, 0.25) is 0 Å². The van der Waals surface area contributed by atoms with E-state index in [9.17, 15) is 4.79 Å². The number of carbonyl (C=O) groups excluding carboxylic acids is 1. The van der Waals surface area contributed by atoms with E-state index in [4.69, 9.17) is 11.6 Å². The molecule has 0 amide bonds. The minimum Gasteiger partial charge on any atom is -0.363 e. The monoisotopic (exact) mass is 281 g/mol. The molecule has 0 fully saturated rings. The standard InChI is InChI=1S/C12H12ClN3OS/c1-7(9-3-4-18-6-9)14-12-10(5-17)11(13)15-8(2)16-12/h3-7H,1-2H3,(H,14,15,16). The second kappa shape index (κ2) is 5.46. The van der Waals surface area contributed by atoms with Gasteiger partial charge in [0.1, 0.15) is 16.8 Å². The summed E-state index contributed by atoms with van der Waals surface area (Å²) >= 11 is 7.55. The van der Waals surface area contributed by atoms with Gasteiger partial charge < -0.3 is 5.32 Å². The van der Waals surface area contributed by atoms with Crippen molar-refractivity contribution in [3.05, 3.63) is 38.9 Å². The molecule has 2 rings (SSSR count). The average Bonchev–Trinajstić information content (AvgIpc) is 2.81. The van der Waals surface area contributed by atoms with Crippen LogP contribution in [0.3, 0.4) is 0 Å². The van der Waals surface area contributed by atoms with Crippen molar-refractivity contribution in [1.82, 2.24) is 9.97 Å². The number of anilines is 1. The van der Waals surface area contributed by atoms with Crippen LogP contribution in [0.15, 0.2) is 16.8 Å². The molecule has 94 valence electrons. The van der Waals surface area contributed by atoms with E-state index in [1.165, 1.54) is 0 Å². The Morgan fingerprint density at radius 2 is 2.28 bits per heavy atom. The largest absolute Gasteiger partial charge is 0.363 e. The summed E-state index contributed by atoms with van der Waals surface area (Å²) in [5, 5.41) is 7.42. The van der Waals surface area contributed by atoms with Crippen LogP contribution in [0.5, 0.6) is 0 Å². The van der Waals surface area contributed by atoms with Gasteiger partial charge in [-0.15, -0.1) is 0 Å². The molecule has 0 saturated carbocycles. The minimum atomic E-state index is 0.0558. The molecule has 2 aromatic rings. The van der Waals surface area contributed by atoms with Gasteiger partial charge in [0.25, 0.3) is 0 Å². The average molecular weight is 282 g/mol. The first kappa shape index (κ1) is 13.0. The molecule has 0 spiro atoms. The number of hydrogen-bond acceptors (Lipinski definition) is 5. The molecule has 0 radical (unpaired) electrons. The molecular formula is C12H12ClN3OS. The maximum atomic E-state index is 11.0. The van der Waals surface area contributed by atoms with Gasteiger partial charge >= 0.3 is 0 Å². The molecule has 18 heavy (non-hydrogen) atoms. The Hall–Kier alpha value is -1.46. The zero-order valence-electron chi connectivity index (χ0n) is 9.98. The first-order valence-electron chi connectivity index (χ1n) is 5.39. The third-order valence-electron chi connectivity index (χ3n) is 2.53. The van der Waals surface area contributed by atoms with E-state index in [2.05, 4.69) is 15.3 Å². The van der Waals surface area contributed by atoms with Gasteiger partial charge in [0, 0.05) is 0 Å². The topological polar surface area (TPSA) is 54.9 Å². The highest BCUT2D eigenvalue weighted by Gasteiger charge is 2.14. The summed E-state index contributed by atoms with van der Waals surface area (Å²) in [5.74, 6) is 1.01. The van der Waals surface area contributed by atoms with Crippen molar-refractivity contribution in [3.8, 4) is 0 Å². The molecule has 4 nitrogen and oxygen atoms in total. The highest BCUT2D eigenvalue weighted by atomic mass is 35.5. The van der Waals surface area contributed by atoms with Crippen LogP contribution in [0.2, 0.25) is 5.15 Å². The Morgan fingerprint density at radius 3 is 2.89 bits per heavy atom. The van der Waals surface area contributed by atoms with E-state index in [1.54, 1.807) is 18.3 Å². The van der Waals surface area contributed by atoms with Gasteiger partial charge in [-0.1, -0.05) is 11.6 Å². The molecule has 0 aromatic carbocycles. The normalized spacial score (nSPS) is 12.2. The van der Waals surface area contributed by atoms with Crippen molar-refractivity contribution >= 4 is 35.0 Å². The molecular weight excluding hydrogens is 270 g/mol. The highest BCUT2D eigenvalue weighted by molar-refractivity contribution is 7.08. The molecule has 1 N–H and O–H groups in total. The maximum absolute atomic E-state index is 11.0. The zero-order chi connectivity index (χ0) is 13.1. The summed E-state index contributed by atoms with van der Waals surface area (Å²) < 4.78 is 0.